The summed E-state index contributed by atoms with van der Waals surface area (Å²) in [6, 6.07) is 9.41. The zero-order valence-corrected chi connectivity index (χ0v) is 15.9. The van der Waals surface area contributed by atoms with Gasteiger partial charge in [0.2, 0.25) is 0 Å². The molecule has 0 saturated heterocycles. The topological polar surface area (TPSA) is 90.7 Å². The first-order chi connectivity index (χ1) is 13.0. The lowest BCUT2D eigenvalue weighted by Gasteiger charge is -2.13. The third-order valence-corrected chi connectivity index (χ3v) is 4.03. The molecule has 7 nitrogen and oxygen atoms in total. The highest BCUT2D eigenvalue weighted by molar-refractivity contribution is 6.34. The number of non-ortho nitro benzene ring substituents is 1. The molecule has 144 valence electrons. The molecule has 8 heteroatoms. The van der Waals surface area contributed by atoms with Crippen LogP contribution in [0.3, 0.4) is 0 Å². The molecular weight excluding hydrogens is 372 g/mol. The number of hydrogen-bond acceptors (Lipinski definition) is 5. The number of benzene rings is 2. The van der Waals surface area contributed by atoms with Crippen molar-refractivity contribution in [3.05, 3.63) is 62.7 Å². The normalized spacial score (nSPS) is 10.3. The predicted molar refractivity (Wildman–Crippen MR) is 103 cm³/mol. The van der Waals surface area contributed by atoms with Crippen LogP contribution >= 0.6 is 11.6 Å². The smallest absolute Gasteiger partial charge is 0.270 e. The Labute approximate surface area is 162 Å². The molecule has 0 aromatic heterocycles. The Hall–Kier alpha value is -2.80. The molecule has 0 bridgehead atoms. The number of nitrogens with one attached hydrogen (secondary N) is 1. The number of nitro benzene ring substituents is 1. The minimum absolute atomic E-state index is 0.0430. The van der Waals surface area contributed by atoms with Crippen molar-refractivity contribution in [2.45, 2.75) is 20.3 Å². The number of carbonyl (C=O) groups excluding carboxylic acids is 1. The van der Waals surface area contributed by atoms with Crippen LogP contribution in [0, 0.1) is 10.1 Å². The molecule has 27 heavy (non-hydrogen) atoms. The molecule has 0 aliphatic heterocycles. The quantitative estimate of drug-likeness (QED) is 0.514. The number of carbonyl (C=O) groups is 1. The molecule has 2 aromatic carbocycles. The first-order valence-electron chi connectivity index (χ1n) is 8.56. The van der Waals surface area contributed by atoms with Gasteiger partial charge in [0.05, 0.1) is 28.7 Å². The Kier molecular flexibility index (Phi) is 7.43. The van der Waals surface area contributed by atoms with Crippen molar-refractivity contribution in [3.63, 3.8) is 0 Å². The van der Waals surface area contributed by atoms with E-state index >= 15 is 0 Å². The lowest BCUT2D eigenvalue weighted by molar-refractivity contribution is -0.384. The average Bonchev–Trinajstić information content (AvgIpc) is 2.63. The van der Waals surface area contributed by atoms with E-state index in [0.29, 0.717) is 37.7 Å². The lowest BCUT2D eigenvalue weighted by atomic mass is 10.1. The second kappa shape index (κ2) is 9.78. The molecule has 0 atom stereocenters. The molecule has 0 unspecified atom stereocenters. The van der Waals surface area contributed by atoms with Crippen molar-refractivity contribution in [1.82, 2.24) is 5.32 Å². The van der Waals surface area contributed by atoms with E-state index in [1.54, 1.807) is 0 Å². The minimum Gasteiger partial charge on any atom is -0.490 e. The molecule has 1 amide bonds. The highest BCUT2D eigenvalue weighted by Crippen LogP contribution is 2.28. The second-order valence-electron chi connectivity index (χ2n) is 5.57. The van der Waals surface area contributed by atoms with Gasteiger partial charge in [0.1, 0.15) is 0 Å². The first kappa shape index (κ1) is 20.5. The fraction of sp³-hybridized carbons (Fsp3) is 0.316. The average molecular weight is 393 g/mol. The SMILES string of the molecule is CCOc1ccc(CCNC(=O)c2ccc([N+](=O)[O-])cc2Cl)cc1OCC. The van der Waals surface area contributed by atoms with Gasteiger partial charge < -0.3 is 14.8 Å². The van der Waals surface area contributed by atoms with Crippen LogP contribution in [0.15, 0.2) is 36.4 Å². The monoisotopic (exact) mass is 392 g/mol. The van der Waals surface area contributed by atoms with Crippen LogP contribution in [0.5, 0.6) is 11.5 Å². The zero-order valence-electron chi connectivity index (χ0n) is 15.2. The summed E-state index contributed by atoms with van der Waals surface area (Å²) in [6.07, 6.45) is 0.586. The first-order valence-corrected chi connectivity index (χ1v) is 8.94. The number of amides is 1. The van der Waals surface area contributed by atoms with E-state index in [0.717, 1.165) is 11.6 Å². The van der Waals surface area contributed by atoms with Gasteiger partial charge in [0.25, 0.3) is 11.6 Å². The van der Waals surface area contributed by atoms with Gasteiger partial charge in [-0.15, -0.1) is 0 Å². The van der Waals surface area contributed by atoms with Gasteiger partial charge in [-0.25, -0.2) is 0 Å². The molecule has 0 spiro atoms. The summed E-state index contributed by atoms with van der Waals surface area (Å²) >= 11 is 5.97. The highest BCUT2D eigenvalue weighted by atomic mass is 35.5. The zero-order chi connectivity index (χ0) is 19.8. The summed E-state index contributed by atoms with van der Waals surface area (Å²) in [5.74, 6) is 0.970. The summed E-state index contributed by atoms with van der Waals surface area (Å²) in [6.45, 7) is 5.26. The molecule has 0 fully saturated rings. The van der Waals surface area contributed by atoms with Crippen molar-refractivity contribution in [2.75, 3.05) is 19.8 Å². The van der Waals surface area contributed by atoms with Crippen molar-refractivity contribution in [2.24, 2.45) is 0 Å². The molecule has 2 rings (SSSR count). The van der Waals surface area contributed by atoms with E-state index in [4.69, 9.17) is 21.1 Å². The number of halogens is 1. The van der Waals surface area contributed by atoms with Crippen molar-refractivity contribution < 1.29 is 19.2 Å². The standard InChI is InChI=1S/C19H21ClN2O5/c1-3-26-17-8-5-13(11-18(17)27-4-2)9-10-21-19(23)15-7-6-14(22(24)25)12-16(15)20/h5-8,11-12H,3-4,9-10H2,1-2H3,(H,21,23). The summed E-state index contributed by atoms with van der Waals surface area (Å²) in [7, 11) is 0. The molecule has 0 aliphatic carbocycles. The number of hydrogen-bond donors (Lipinski definition) is 1. The van der Waals surface area contributed by atoms with E-state index in [9.17, 15) is 14.9 Å². The summed E-state index contributed by atoms with van der Waals surface area (Å²) < 4.78 is 11.1. The maximum Gasteiger partial charge on any atom is 0.270 e. The van der Waals surface area contributed by atoms with Crippen LogP contribution in [-0.2, 0) is 6.42 Å². The lowest BCUT2D eigenvalue weighted by Crippen LogP contribution is -2.26. The highest BCUT2D eigenvalue weighted by Gasteiger charge is 2.14. The van der Waals surface area contributed by atoms with Crippen molar-refractivity contribution in [3.8, 4) is 11.5 Å². The minimum atomic E-state index is -0.560. The Morgan fingerprint density at radius 1 is 1.11 bits per heavy atom. The molecule has 0 saturated carbocycles. The number of ether oxygens (including phenoxy) is 2. The van der Waals surface area contributed by atoms with Gasteiger partial charge >= 0.3 is 0 Å². The maximum absolute atomic E-state index is 12.2. The summed E-state index contributed by atoms with van der Waals surface area (Å²) in [5.41, 5.74) is 1.02. The summed E-state index contributed by atoms with van der Waals surface area (Å²) in [5, 5.41) is 13.5. The fourth-order valence-corrected chi connectivity index (χ4v) is 2.73. The molecular formula is C19H21ClN2O5. The van der Waals surface area contributed by atoms with E-state index in [1.807, 2.05) is 32.0 Å². The van der Waals surface area contributed by atoms with Gasteiger partial charge in [0.15, 0.2) is 11.5 Å². The van der Waals surface area contributed by atoms with Gasteiger partial charge in [0, 0.05) is 18.7 Å². The van der Waals surface area contributed by atoms with E-state index < -0.39 is 4.92 Å². The fourth-order valence-electron chi connectivity index (χ4n) is 2.47. The molecule has 2 aromatic rings. The number of rotatable bonds is 9. The van der Waals surface area contributed by atoms with Gasteiger partial charge in [-0.1, -0.05) is 17.7 Å². The van der Waals surface area contributed by atoms with Crippen LogP contribution in [0.4, 0.5) is 5.69 Å². The van der Waals surface area contributed by atoms with Crippen molar-refractivity contribution >= 4 is 23.2 Å². The largest absolute Gasteiger partial charge is 0.490 e. The van der Waals surface area contributed by atoms with E-state index in [-0.39, 0.29) is 22.2 Å². The van der Waals surface area contributed by atoms with Gasteiger partial charge in [-0.2, -0.15) is 0 Å². The van der Waals surface area contributed by atoms with Crippen LogP contribution in [0.25, 0.3) is 0 Å². The third-order valence-electron chi connectivity index (χ3n) is 3.72. The van der Waals surface area contributed by atoms with Crippen LogP contribution < -0.4 is 14.8 Å². The van der Waals surface area contributed by atoms with E-state index in [2.05, 4.69) is 5.32 Å². The maximum atomic E-state index is 12.2. The Morgan fingerprint density at radius 3 is 2.44 bits per heavy atom. The molecule has 0 radical (unpaired) electrons. The van der Waals surface area contributed by atoms with Crippen LogP contribution in [-0.4, -0.2) is 30.6 Å². The third kappa shape index (κ3) is 5.59. The molecule has 1 N–H and O–H groups in total. The Bertz CT molecular complexity index is 826. The molecule has 0 aliphatic rings. The van der Waals surface area contributed by atoms with E-state index in [1.165, 1.54) is 12.1 Å². The number of nitro groups is 1. The van der Waals surface area contributed by atoms with Gasteiger partial charge in [-0.3, -0.25) is 14.9 Å². The van der Waals surface area contributed by atoms with Crippen LogP contribution in [0.2, 0.25) is 5.02 Å². The van der Waals surface area contributed by atoms with Crippen LogP contribution in [0.1, 0.15) is 29.8 Å². The second-order valence-corrected chi connectivity index (χ2v) is 5.98. The van der Waals surface area contributed by atoms with Gasteiger partial charge in [-0.05, 0) is 44.0 Å². The predicted octanol–water partition coefficient (Wildman–Crippen LogP) is 4.02. The summed E-state index contributed by atoms with van der Waals surface area (Å²) in [4.78, 5) is 22.4. The number of nitrogens with zero attached hydrogens (tertiary/aromatic N) is 1. The Morgan fingerprint density at radius 2 is 1.81 bits per heavy atom. The van der Waals surface area contributed by atoms with Crippen molar-refractivity contribution in [1.29, 1.82) is 0 Å². The molecule has 0 heterocycles. The Balaban J connectivity index is 1.98.